The quantitative estimate of drug-likeness (QED) is 0.777. The lowest BCUT2D eigenvalue weighted by Gasteiger charge is -2.27. The Morgan fingerprint density at radius 1 is 1.24 bits per heavy atom. The van der Waals surface area contributed by atoms with E-state index >= 15 is 0 Å². The highest BCUT2D eigenvalue weighted by molar-refractivity contribution is 5.95. The van der Waals surface area contributed by atoms with Crippen molar-refractivity contribution in [3.63, 3.8) is 0 Å². The van der Waals surface area contributed by atoms with Crippen molar-refractivity contribution in [1.82, 2.24) is 10.3 Å². The monoisotopic (exact) mass is 338 g/mol. The standard InChI is InChI=1S/C19H22N4O2/c20-11-12-9-17-15(10-18(12)24)19(22-13-1-5-21-6-2-13)14-3-7-25-8-4-16(14)23-17/h9-10,13,21,24H,1-8H2,(H,22,23). The second-order valence-electron chi connectivity index (χ2n) is 6.69. The molecule has 1 saturated heterocycles. The van der Waals surface area contributed by atoms with Crippen LogP contribution in [0.3, 0.4) is 0 Å². The zero-order chi connectivity index (χ0) is 17.2. The summed E-state index contributed by atoms with van der Waals surface area (Å²) in [6.07, 6.45) is 3.72. The number of phenolic OH excluding ortho intramolecular Hbond substituents is 1. The van der Waals surface area contributed by atoms with Crippen LogP contribution in [-0.2, 0) is 17.6 Å². The van der Waals surface area contributed by atoms with E-state index in [1.807, 2.05) is 6.07 Å². The second kappa shape index (κ2) is 6.87. The first kappa shape index (κ1) is 16.1. The maximum Gasteiger partial charge on any atom is 0.134 e. The molecule has 0 spiro atoms. The van der Waals surface area contributed by atoms with Gasteiger partial charge in [-0.05, 0) is 50.0 Å². The molecule has 2 aliphatic heterocycles. The van der Waals surface area contributed by atoms with E-state index in [-0.39, 0.29) is 11.3 Å². The number of aromatic nitrogens is 1. The third-order valence-electron chi connectivity index (χ3n) is 5.08. The van der Waals surface area contributed by atoms with Gasteiger partial charge in [-0.2, -0.15) is 5.26 Å². The van der Waals surface area contributed by atoms with Gasteiger partial charge < -0.3 is 20.5 Å². The number of pyridine rings is 1. The van der Waals surface area contributed by atoms with Gasteiger partial charge in [0.1, 0.15) is 11.8 Å². The molecule has 0 aliphatic carbocycles. The fourth-order valence-corrected chi connectivity index (χ4v) is 3.74. The van der Waals surface area contributed by atoms with Crippen LogP contribution in [-0.4, -0.2) is 42.4 Å². The zero-order valence-corrected chi connectivity index (χ0v) is 14.1. The van der Waals surface area contributed by atoms with Crippen LogP contribution >= 0.6 is 0 Å². The highest BCUT2D eigenvalue weighted by Gasteiger charge is 2.22. The molecule has 25 heavy (non-hydrogen) atoms. The third kappa shape index (κ3) is 3.13. The number of anilines is 1. The smallest absolute Gasteiger partial charge is 0.134 e. The number of ether oxygens (including phenoxy) is 1. The van der Waals surface area contributed by atoms with Gasteiger partial charge in [-0.1, -0.05) is 0 Å². The van der Waals surface area contributed by atoms with Crippen LogP contribution in [0, 0.1) is 11.3 Å². The van der Waals surface area contributed by atoms with Crippen LogP contribution < -0.4 is 10.6 Å². The Kier molecular flexibility index (Phi) is 4.43. The molecule has 2 aromatic rings. The number of nitrogens with one attached hydrogen (secondary N) is 2. The summed E-state index contributed by atoms with van der Waals surface area (Å²) in [5.41, 5.74) is 4.30. The Morgan fingerprint density at radius 2 is 2.04 bits per heavy atom. The number of rotatable bonds is 2. The molecule has 4 rings (SSSR count). The maximum absolute atomic E-state index is 10.2. The van der Waals surface area contributed by atoms with E-state index in [1.54, 1.807) is 12.1 Å². The van der Waals surface area contributed by atoms with E-state index in [0.29, 0.717) is 19.3 Å². The van der Waals surface area contributed by atoms with Gasteiger partial charge in [0.05, 0.1) is 24.3 Å². The van der Waals surface area contributed by atoms with E-state index in [2.05, 4.69) is 10.6 Å². The minimum Gasteiger partial charge on any atom is -0.507 e. The Morgan fingerprint density at radius 3 is 2.84 bits per heavy atom. The summed E-state index contributed by atoms with van der Waals surface area (Å²) in [7, 11) is 0. The molecule has 1 aromatic heterocycles. The number of nitrogens with zero attached hydrogens (tertiary/aromatic N) is 2. The number of phenols is 1. The molecular formula is C19H22N4O2. The van der Waals surface area contributed by atoms with Gasteiger partial charge in [-0.15, -0.1) is 0 Å². The van der Waals surface area contributed by atoms with Crippen LogP contribution in [0.1, 0.15) is 29.7 Å². The lowest BCUT2D eigenvalue weighted by molar-refractivity contribution is 0.146. The van der Waals surface area contributed by atoms with Gasteiger partial charge in [0.2, 0.25) is 0 Å². The summed E-state index contributed by atoms with van der Waals surface area (Å²) in [4.78, 5) is 4.78. The first-order chi connectivity index (χ1) is 12.3. The fourth-order valence-electron chi connectivity index (χ4n) is 3.74. The summed E-state index contributed by atoms with van der Waals surface area (Å²) in [6, 6.07) is 5.80. The molecule has 0 atom stereocenters. The number of piperidine rings is 1. The highest BCUT2D eigenvalue weighted by Crippen LogP contribution is 2.35. The first-order valence-corrected chi connectivity index (χ1v) is 8.90. The van der Waals surface area contributed by atoms with E-state index in [9.17, 15) is 10.4 Å². The Bertz CT molecular complexity index is 838. The normalized spacial score (nSPS) is 18.4. The molecule has 3 N–H and O–H groups in total. The molecular weight excluding hydrogens is 316 g/mol. The summed E-state index contributed by atoms with van der Waals surface area (Å²) in [5.74, 6) is 0.00924. The summed E-state index contributed by atoms with van der Waals surface area (Å²) < 4.78 is 5.64. The van der Waals surface area contributed by atoms with Gasteiger partial charge in [0.25, 0.3) is 0 Å². The Balaban J connectivity index is 1.87. The van der Waals surface area contributed by atoms with E-state index in [4.69, 9.17) is 9.72 Å². The van der Waals surface area contributed by atoms with Crippen LogP contribution in [0.5, 0.6) is 5.75 Å². The van der Waals surface area contributed by atoms with Crippen molar-refractivity contribution in [2.45, 2.75) is 31.7 Å². The van der Waals surface area contributed by atoms with Crippen molar-refractivity contribution in [3.8, 4) is 11.8 Å². The molecule has 130 valence electrons. The minimum absolute atomic E-state index is 0.00924. The van der Waals surface area contributed by atoms with Crippen molar-refractivity contribution < 1.29 is 9.84 Å². The van der Waals surface area contributed by atoms with Gasteiger partial charge in [0.15, 0.2) is 0 Å². The van der Waals surface area contributed by atoms with Gasteiger partial charge >= 0.3 is 0 Å². The molecule has 0 saturated carbocycles. The van der Waals surface area contributed by atoms with Gasteiger partial charge in [0, 0.05) is 29.2 Å². The number of benzene rings is 1. The first-order valence-electron chi connectivity index (χ1n) is 8.90. The van der Waals surface area contributed by atoms with Crippen molar-refractivity contribution in [3.05, 3.63) is 29.0 Å². The minimum atomic E-state index is 0.00924. The van der Waals surface area contributed by atoms with Gasteiger partial charge in [-0.25, -0.2) is 0 Å². The predicted molar refractivity (Wildman–Crippen MR) is 95.9 cm³/mol. The summed E-state index contributed by atoms with van der Waals surface area (Å²) in [6.45, 7) is 3.37. The summed E-state index contributed by atoms with van der Waals surface area (Å²) in [5, 5.41) is 27.4. The Labute approximate surface area is 146 Å². The van der Waals surface area contributed by atoms with Gasteiger partial charge in [-0.3, -0.25) is 4.98 Å². The summed E-state index contributed by atoms with van der Waals surface area (Å²) >= 11 is 0. The van der Waals surface area contributed by atoms with E-state index < -0.39 is 0 Å². The number of hydrogen-bond donors (Lipinski definition) is 3. The SMILES string of the molecule is N#Cc1cc2nc3c(c(NC4CCNCC4)c2cc1O)CCOCC3. The van der Waals surface area contributed by atoms with Crippen LogP contribution in [0.2, 0.25) is 0 Å². The number of aromatic hydroxyl groups is 1. The van der Waals surface area contributed by atoms with Crippen molar-refractivity contribution >= 4 is 16.6 Å². The third-order valence-corrected chi connectivity index (χ3v) is 5.08. The number of nitriles is 1. The molecule has 6 nitrogen and oxygen atoms in total. The van der Waals surface area contributed by atoms with Crippen molar-refractivity contribution in [1.29, 1.82) is 5.26 Å². The number of fused-ring (bicyclic) bond motifs is 2. The Hall–Kier alpha value is -2.36. The average Bonchev–Trinajstić information content (AvgIpc) is 2.88. The zero-order valence-electron chi connectivity index (χ0n) is 14.1. The molecule has 1 aromatic carbocycles. The maximum atomic E-state index is 10.2. The highest BCUT2D eigenvalue weighted by atomic mass is 16.5. The fraction of sp³-hybridized carbons (Fsp3) is 0.474. The lowest BCUT2D eigenvalue weighted by atomic mass is 9.98. The largest absolute Gasteiger partial charge is 0.507 e. The van der Waals surface area contributed by atoms with E-state index in [1.165, 1.54) is 5.56 Å². The molecule has 0 amide bonds. The van der Waals surface area contributed by atoms with Crippen molar-refractivity contribution in [2.75, 3.05) is 31.6 Å². The lowest BCUT2D eigenvalue weighted by Crippen LogP contribution is -2.35. The average molecular weight is 338 g/mol. The van der Waals surface area contributed by atoms with Crippen LogP contribution in [0.25, 0.3) is 10.9 Å². The van der Waals surface area contributed by atoms with Crippen LogP contribution in [0.15, 0.2) is 12.1 Å². The molecule has 0 unspecified atom stereocenters. The molecule has 0 radical (unpaired) electrons. The number of hydrogen-bond acceptors (Lipinski definition) is 6. The van der Waals surface area contributed by atoms with Crippen molar-refractivity contribution in [2.24, 2.45) is 0 Å². The van der Waals surface area contributed by atoms with Crippen LogP contribution in [0.4, 0.5) is 5.69 Å². The van der Waals surface area contributed by atoms with E-state index in [0.717, 1.165) is 61.1 Å². The molecule has 3 heterocycles. The molecule has 6 heteroatoms. The topological polar surface area (TPSA) is 90.2 Å². The molecule has 2 aliphatic rings. The second-order valence-corrected chi connectivity index (χ2v) is 6.69. The molecule has 1 fully saturated rings. The molecule has 0 bridgehead atoms. The predicted octanol–water partition coefficient (Wildman–Crippen LogP) is 2.09.